The highest BCUT2D eigenvalue weighted by molar-refractivity contribution is 7.86. The highest BCUT2D eigenvalue weighted by Crippen LogP contribution is 2.28. The van der Waals surface area contributed by atoms with Crippen molar-refractivity contribution in [2.75, 3.05) is 0 Å². The van der Waals surface area contributed by atoms with Crippen molar-refractivity contribution >= 4 is 15.8 Å². The summed E-state index contributed by atoms with van der Waals surface area (Å²) in [7, 11) is -4.51. The van der Waals surface area contributed by atoms with Crippen molar-refractivity contribution in [3.05, 3.63) is 64.2 Å². The highest BCUT2D eigenvalue weighted by atomic mass is 32.2. The van der Waals surface area contributed by atoms with Crippen LogP contribution in [0.25, 0.3) is 0 Å². The summed E-state index contributed by atoms with van der Waals surface area (Å²) in [6.45, 7) is 8.85. The normalized spacial score (nSPS) is 14.0. The predicted octanol–water partition coefficient (Wildman–Crippen LogP) is 5.80. The van der Waals surface area contributed by atoms with Gasteiger partial charge >= 0.3 is 16.3 Å². The zero-order valence-corrected chi connectivity index (χ0v) is 17.8. The van der Waals surface area contributed by atoms with Crippen LogP contribution in [0.5, 0.6) is 0 Å². The molecule has 1 unspecified atom stereocenters. The van der Waals surface area contributed by atoms with Crippen molar-refractivity contribution in [1.82, 2.24) is 0 Å². The summed E-state index contributed by atoms with van der Waals surface area (Å²) >= 11 is 0. The van der Waals surface area contributed by atoms with Gasteiger partial charge in [-0.3, -0.25) is 4.28 Å². The smallest absolute Gasteiger partial charge is 0.264 e. The number of alkyl halides is 3. The molecule has 4 nitrogen and oxygen atoms in total. The van der Waals surface area contributed by atoms with Crippen LogP contribution in [-0.4, -0.2) is 20.3 Å². The zero-order chi connectivity index (χ0) is 22.0. The van der Waals surface area contributed by atoms with E-state index in [-0.39, 0.29) is 16.4 Å². The molecule has 0 aliphatic carbocycles. The second-order valence-electron chi connectivity index (χ2n) is 7.13. The Hall–Kier alpha value is -2.35. The highest BCUT2D eigenvalue weighted by Gasteiger charge is 2.38. The Morgan fingerprint density at radius 1 is 1.07 bits per heavy atom. The Kier molecular flexibility index (Phi) is 6.78. The maximum atomic E-state index is 13.5. The molecule has 0 aromatic heterocycles. The first-order valence-corrected chi connectivity index (χ1v) is 10.5. The van der Waals surface area contributed by atoms with Gasteiger partial charge in [0.15, 0.2) is 5.71 Å². The molecule has 0 spiro atoms. The van der Waals surface area contributed by atoms with Gasteiger partial charge in [0.1, 0.15) is 4.90 Å². The molecule has 0 fully saturated rings. The first-order chi connectivity index (χ1) is 13.4. The van der Waals surface area contributed by atoms with Crippen molar-refractivity contribution in [2.24, 2.45) is 5.16 Å². The number of halogens is 3. The Labute approximate surface area is 169 Å². The standard InChI is InChI=1S/C21H24F3NO3S/c1-6-14(3)17-7-9-18(10-8-17)20(21(22,23)24)25-28-29(26,27)19-15(4)11-13(2)12-16(19)5/h7-12,14H,6H2,1-5H3/b25-20-. The lowest BCUT2D eigenvalue weighted by Crippen LogP contribution is -2.25. The molecule has 0 aliphatic rings. The molecule has 0 saturated heterocycles. The lowest BCUT2D eigenvalue weighted by molar-refractivity contribution is -0.0597. The van der Waals surface area contributed by atoms with Gasteiger partial charge in [-0.25, -0.2) is 0 Å². The second-order valence-corrected chi connectivity index (χ2v) is 8.59. The van der Waals surface area contributed by atoms with Gasteiger partial charge < -0.3 is 0 Å². The molecule has 0 aliphatic heterocycles. The molecule has 2 aromatic carbocycles. The van der Waals surface area contributed by atoms with E-state index in [1.165, 1.54) is 12.1 Å². The average molecular weight is 427 g/mol. The van der Waals surface area contributed by atoms with Crippen LogP contribution in [-0.2, 0) is 14.4 Å². The lowest BCUT2D eigenvalue weighted by atomic mass is 9.97. The Morgan fingerprint density at radius 3 is 2.03 bits per heavy atom. The summed E-state index contributed by atoms with van der Waals surface area (Å²) in [5.74, 6) is 0.194. The van der Waals surface area contributed by atoms with E-state index in [1.54, 1.807) is 45.0 Å². The molecule has 158 valence electrons. The van der Waals surface area contributed by atoms with E-state index < -0.39 is 22.0 Å². The molecule has 29 heavy (non-hydrogen) atoms. The fraction of sp³-hybridized carbons (Fsp3) is 0.381. The topological polar surface area (TPSA) is 55.7 Å². The molecule has 1 atom stereocenters. The van der Waals surface area contributed by atoms with E-state index in [0.29, 0.717) is 11.1 Å². The molecule has 0 amide bonds. The van der Waals surface area contributed by atoms with Crippen molar-refractivity contribution in [3.63, 3.8) is 0 Å². The first kappa shape index (κ1) is 22.9. The minimum absolute atomic E-state index is 0.180. The molecular weight excluding hydrogens is 403 g/mol. The number of benzene rings is 2. The van der Waals surface area contributed by atoms with E-state index in [0.717, 1.165) is 17.5 Å². The van der Waals surface area contributed by atoms with Crippen molar-refractivity contribution in [2.45, 2.75) is 58.0 Å². The molecule has 0 saturated carbocycles. The predicted molar refractivity (Wildman–Crippen MR) is 107 cm³/mol. The van der Waals surface area contributed by atoms with Crippen LogP contribution in [0, 0.1) is 20.8 Å². The van der Waals surface area contributed by atoms with E-state index in [4.69, 9.17) is 0 Å². The zero-order valence-electron chi connectivity index (χ0n) is 17.0. The quantitative estimate of drug-likeness (QED) is 0.433. The third kappa shape index (κ3) is 5.38. The Morgan fingerprint density at radius 2 is 1.59 bits per heavy atom. The molecule has 2 rings (SSSR count). The minimum atomic E-state index is -4.88. The van der Waals surface area contributed by atoms with Gasteiger partial charge in [-0.1, -0.05) is 61.0 Å². The van der Waals surface area contributed by atoms with Gasteiger partial charge in [0.05, 0.1) is 0 Å². The number of oxime groups is 1. The van der Waals surface area contributed by atoms with Crippen LogP contribution in [0.3, 0.4) is 0 Å². The maximum absolute atomic E-state index is 13.5. The third-order valence-corrected chi connectivity index (χ3v) is 6.13. The van der Waals surface area contributed by atoms with Crippen molar-refractivity contribution in [3.8, 4) is 0 Å². The van der Waals surface area contributed by atoms with E-state index >= 15 is 0 Å². The van der Waals surface area contributed by atoms with Gasteiger partial charge in [0.25, 0.3) is 0 Å². The van der Waals surface area contributed by atoms with Gasteiger partial charge in [-0.15, -0.1) is 0 Å². The lowest BCUT2D eigenvalue weighted by Gasteiger charge is -2.14. The van der Waals surface area contributed by atoms with Crippen LogP contribution in [0.15, 0.2) is 46.4 Å². The summed E-state index contributed by atoms with van der Waals surface area (Å²) in [4.78, 5) is -0.180. The molecule has 2 aromatic rings. The van der Waals surface area contributed by atoms with Crippen LogP contribution in [0.1, 0.15) is 54.0 Å². The van der Waals surface area contributed by atoms with E-state index in [2.05, 4.69) is 9.44 Å². The molecule has 8 heteroatoms. The molecule has 0 bridgehead atoms. The molecule has 0 heterocycles. The number of hydrogen-bond donors (Lipinski definition) is 0. The average Bonchev–Trinajstić information content (AvgIpc) is 2.59. The van der Waals surface area contributed by atoms with Crippen LogP contribution >= 0.6 is 0 Å². The van der Waals surface area contributed by atoms with Gasteiger partial charge in [0, 0.05) is 5.56 Å². The monoisotopic (exact) mass is 427 g/mol. The van der Waals surface area contributed by atoms with Gasteiger partial charge in [0.2, 0.25) is 0 Å². The summed E-state index contributed by atoms with van der Waals surface area (Å²) in [5.41, 5.74) is 0.807. The molecule has 0 radical (unpaired) electrons. The largest absolute Gasteiger partial charge is 0.437 e. The van der Waals surface area contributed by atoms with Crippen LogP contribution in [0.2, 0.25) is 0 Å². The second kappa shape index (κ2) is 8.57. The summed E-state index contributed by atoms with van der Waals surface area (Å²) in [6.07, 6.45) is -4.04. The van der Waals surface area contributed by atoms with E-state index in [1.807, 2.05) is 13.8 Å². The fourth-order valence-corrected chi connectivity index (χ4v) is 4.31. The Bertz CT molecular complexity index is 987. The third-order valence-electron chi connectivity index (χ3n) is 4.72. The number of nitrogens with zero attached hydrogens (tertiary/aromatic N) is 1. The minimum Gasteiger partial charge on any atom is -0.264 e. The van der Waals surface area contributed by atoms with Crippen LogP contribution in [0.4, 0.5) is 13.2 Å². The van der Waals surface area contributed by atoms with Crippen LogP contribution < -0.4 is 0 Å². The number of rotatable bonds is 6. The van der Waals surface area contributed by atoms with Crippen molar-refractivity contribution in [1.29, 1.82) is 0 Å². The maximum Gasteiger partial charge on any atom is 0.437 e. The van der Waals surface area contributed by atoms with Crippen molar-refractivity contribution < 1.29 is 25.9 Å². The van der Waals surface area contributed by atoms with Gasteiger partial charge in [-0.2, -0.15) is 21.6 Å². The first-order valence-electron chi connectivity index (χ1n) is 9.13. The molecule has 0 N–H and O–H groups in total. The number of hydrogen-bond acceptors (Lipinski definition) is 4. The molecular formula is C21H24F3NO3S. The number of aryl methyl sites for hydroxylation is 3. The summed E-state index contributed by atoms with van der Waals surface area (Å²) < 4.78 is 70.1. The van der Waals surface area contributed by atoms with E-state index in [9.17, 15) is 21.6 Å². The Balaban J connectivity index is 2.44. The SMILES string of the molecule is CCC(C)c1ccc(/C(=N/OS(=O)(=O)c2c(C)cc(C)cc2C)C(F)(F)F)cc1. The fourth-order valence-electron chi connectivity index (χ4n) is 3.16. The van der Waals surface area contributed by atoms with Gasteiger partial charge in [-0.05, 0) is 49.8 Å². The summed E-state index contributed by atoms with van der Waals surface area (Å²) in [5, 5.41) is 3.02. The summed E-state index contributed by atoms with van der Waals surface area (Å²) in [6, 6.07) is 8.93.